The van der Waals surface area contributed by atoms with Crippen molar-refractivity contribution in [3.8, 4) is 5.75 Å². The standard InChI is InChI=1S/C18H28ClNO/c1-6-8-20-15-11-16(18(15,5)7-2)21-17-12(3)9-14(19)10-13(17)4/h9-10,15-16,20H,6-8,11H2,1-5H3. The summed E-state index contributed by atoms with van der Waals surface area (Å²) in [5.74, 6) is 1.01. The van der Waals surface area contributed by atoms with E-state index in [1.54, 1.807) is 0 Å². The summed E-state index contributed by atoms with van der Waals surface area (Å²) >= 11 is 6.10. The fourth-order valence-corrected chi connectivity index (χ4v) is 3.66. The van der Waals surface area contributed by atoms with Crippen LogP contribution in [0.15, 0.2) is 12.1 Å². The van der Waals surface area contributed by atoms with Crippen LogP contribution in [0.1, 0.15) is 51.2 Å². The highest BCUT2D eigenvalue weighted by Gasteiger charge is 2.51. The molecule has 3 heteroatoms. The second-order valence-corrected chi connectivity index (χ2v) is 7.01. The van der Waals surface area contributed by atoms with Gasteiger partial charge in [0.1, 0.15) is 11.9 Å². The zero-order valence-electron chi connectivity index (χ0n) is 13.9. The van der Waals surface area contributed by atoms with Gasteiger partial charge in [-0.1, -0.05) is 32.4 Å². The van der Waals surface area contributed by atoms with Crippen LogP contribution in [0.5, 0.6) is 5.75 Å². The van der Waals surface area contributed by atoms with E-state index in [-0.39, 0.29) is 11.5 Å². The molecule has 1 aromatic rings. The molecule has 1 aliphatic rings. The van der Waals surface area contributed by atoms with Crippen LogP contribution in [-0.4, -0.2) is 18.7 Å². The van der Waals surface area contributed by atoms with Gasteiger partial charge < -0.3 is 10.1 Å². The van der Waals surface area contributed by atoms with Crippen LogP contribution in [0, 0.1) is 19.3 Å². The first-order valence-electron chi connectivity index (χ1n) is 8.09. The monoisotopic (exact) mass is 309 g/mol. The van der Waals surface area contributed by atoms with Crippen molar-refractivity contribution in [2.24, 2.45) is 5.41 Å². The van der Waals surface area contributed by atoms with Crippen molar-refractivity contribution in [2.45, 2.75) is 66.0 Å². The van der Waals surface area contributed by atoms with Crippen molar-refractivity contribution in [3.63, 3.8) is 0 Å². The molecule has 3 atom stereocenters. The second-order valence-electron chi connectivity index (χ2n) is 6.58. The predicted molar refractivity (Wildman–Crippen MR) is 90.4 cm³/mol. The van der Waals surface area contributed by atoms with Crippen molar-refractivity contribution < 1.29 is 4.74 Å². The molecule has 0 aliphatic heterocycles. The van der Waals surface area contributed by atoms with Gasteiger partial charge in [-0.15, -0.1) is 0 Å². The fourth-order valence-electron chi connectivity index (χ4n) is 3.33. The minimum atomic E-state index is 0.216. The highest BCUT2D eigenvalue weighted by Crippen LogP contribution is 2.47. The Bertz CT molecular complexity index is 479. The van der Waals surface area contributed by atoms with E-state index in [2.05, 4.69) is 39.9 Å². The van der Waals surface area contributed by atoms with Gasteiger partial charge in [0.05, 0.1) is 0 Å². The van der Waals surface area contributed by atoms with Gasteiger partial charge >= 0.3 is 0 Å². The molecule has 0 radical (unpaired) electrons. The minimum absolute atomic E-state index is 0.216. The molecule has 0 aromatic heterocycles. The molecule has 1 N–H and O–H groups in total. The lowest BCUT2D eigenvalue weighted by molar-refractivity contribution is -0.0707. The summed E-state index contributed by atoms with van der Waals surface area (Å²) in [6.45, 7) is 12.0. The molecule has 0 saturated heterocycles. The van der Waals surface area contributed by atoms with Crippen LogP contribution in [0.25, 0.3) is 0 Å². The Morgan fingerprint density at radius 1 is 1.29 bits per heavy atom. The van der Waals surface area contributed by atoms with Gasteiger partial charge in [0.2, 0.25) is 0 Å². The number of hydrogen-bond acceptors (Lipinski definition) is 2. The Balaban J connectivity index is 2.11. The lowest BCUT2D eigenvalue weighted by atomic mass is 9.61. The maximum atomic E-state index is 6.38. The van der Waals surface area contributed by atoms with Crippen molar-refractivity contribution >= 4 is 11.6 Å². The molecule has 1 saturated carbocycles. The maximum absolute atomic E-state index is 6.38. The fraction of sp³-hybridized carbons (Fsp3) is 0.667. The lowest BCUT2D eigenvalue weighted by Gasteiger charge is -2.53. The third-order valence-electron chi connectivity index (χ3n) is 5.07. The molecule has 0 bridgehead atoms. The van der Waals surface area contributed by atoms with Crippen LogP contribution in [0.2, 0.25) is 5.02 Å². The van der Waals surface area contributed by atoms with E-state index in [1.807, 2.05) is 12.1 Å². The van der Waals surface area contributed by atoms with Crippen LogP contribution < -0.4 is 10.1 Å². The van der Waals surface area contributed by atoms with Gasteiger partial charge in [-0.2, -0.15) is 0 Å². The van der Waals surface area contributed by atoms with Crippen molar-refractivity contribution in [1.29, 1.82) is 0 Å². The quantitative estimate of drug-likeness (QED) is 0.807. The summed E-state index contributed by atoms with van der Waals surface area (Å²) in [5.41, 5.74) is 2.47. The molecule has 2 rings (SSSR count). The normalized spacial score (nSPS) is 28.3. The summed E-state index contributed by atoms with van der Waals surface area (Å²) in [5, 5.41) is 4.45. The largest absolute Gasteiger partial charge is 0.489 e. The first-order chi connectivity index (χ1) is 9.92. The van der Waals surface area contributed by atoms with Crippen molar-refractivity contribution in [3.05, 3.63) is 28.3 Å². The van der Waals surface area contributed by atoms with Gasteiger partial charge in [-0.3, -0.25) is 0 Å². The molecule has 2 nitrogen and oxygen atoms in total. The molecule has 0 spiro atoms. The molecular formula is C18H28ClNO. The average molecular weight is 310 g/mol. The number of rotatable bonds is 6. The summed E-state index contributed by atoms with van der Waals surface area (Å²) in [6, 6.07) is 4.54. The molecule has 0 amide bonds. The van der Waals surface area contributed by atoms with Gasteiger partial charge in [-0.05, 0) is 56.5 Å². The number of hydrogen-bond donors (Lipinski definition) is 1. The van der Waals surface area contributed by atoms with E-state index in [1.165, 1.54) is 6.42 Å². The van der Waals surface area contributed by atoms with E-state index in [4.69, 9.17) is 16.3 Å². The minimum Gasteiger partial charge on any atom is -0.489 e. The average Bonchev–Trinajstić information content (AvgIpc) is 2.43. The van der Waals surface area contributed by atoms with Crippen molar-refractivity contribution in [2.75, 3.05) is 6.54 Å². The van der Waals surface area contributed by atoms with Gasteiger partial charge in [0.15, 0.2) is 0 Å². The summed E-state index contributed by atoms with van der Waals surface area (Å²) < 4.78 is 6.38. The Kier molecular flexibility index (Phi) is 5.21. The smallest absolute Gasteiger partial charge is 0.125 e. The topological polar surface area (TPSA) is 21.3 Å². The second kappa shape index (κ2) is 6.58. The van der Waals surface area contributed by atoms with E-state index in [0.29, 0.717) is 6.04 Å². The van der Waals surface area contributed by atoms with Crippen LogP contribution in [0.4, 0.5) is 0 Å². The summed E-state index contributed by atoms with van der Waals surface area (Å²) in [6.07, 6.45) is 3.68. The van der Waals surface area contributed by atoms with E-state index < -0.39 is 0 Å². The third kappa shape index (κ3) is 3.22. The number of ether oxygens (including phenoxy) is 1. The number of benzene rings is 1. The molecule has 118 valence electrons. The van der Waals surface area contributed by atoms with Crippen LogP contribution in [-0.2, 0) is 0 Å². The zero-order valence-corrected chi connectivity index (χ0v) is 14.7. The molecule has 1 aliphatic carbocycles. The molecular weight excluding hydrogens is 282 g/mol. The Labute approximate surface area is 134 Å². The molecule has 3 unspecified atom stereocenters. The SMILES string of the molecule is CCCNC1CC(Oc2c(C)cc(Cl)cc2C)C1(C)CC. The summed E-state index contributed by atoms with van der Waals surface area (Å²) in [4.78, 5) is 0. The van der Waals surface area contributed by atoms with E-state index >= 15 is 0 Å². The Morgan fingerprint density at radius 2 is 1.90 bits per heavy atom. The molecule has 1 fully saturated rings. The third-order valence-corrected chi connectivity index (χ3v) is 5.29. The molecule has 1 aromatic carbocycles. The van der Waals surface area contributed by atoms with Gasteiger partial charge in [-0.25, -0.2) is 0 Å². The van der Waals surface area contributed by atoms with Gasteiger partial charge in [0, 0.05) is 22.9 Å². The maximum Gasteiger partial charge on any atom is 0.125 e. The number of aryl methyl sites for hydroxylation is 2. The number of nitrogens with one attached hydrogen (secondary N) is 1. The molecule has 21 heavy (non-hydrogen) atoms. The van der Waals surface area contributed by atoms with E-state index in [0.717, 1.165) is 41.3 Å². The zero-order chi connectivity index (χ0) is 15.6. The highest BCUT2D eigenvalue weighted by molar-refractivity contribution is 6.30. The van der Waals surface area contributed by atoms with E-state index in [9.17, 15) is 0 Å². The van der Waals surface area contributed by atoms with Crippen molar-refractivity contribution in [1.82, 2.24) is 5.32 Å². The Hall–Kier alpha value is -0.730. The molecule has 0 heterocycles. The van der Waals surface area contributed by atoms with Crippen LogP contribution in [0.3, 0.4) is 0 Å². The first kappa shape index (κ1) is 16.6. The predicted octanol–water partition coefficient (Wildman–Crippen LogP) is 4.89. The van der Waals surface area contributed by atoms with Crippen LogP contribution >= 0.6 is 11.6 Å². The summed E-state index contributed by atoms with van der Waals surface area (Å²) in [7, 11) is 0. The number of halogens is 1. The highest BCUT2D eigenvalue weighted by atomic mass is 35.5. The Morgan fingerprint density at radius 3 is 2.43 bits per heavy atom. The lowest BCUT2D eigenvalue weighted by Crippen LogP contribution is -2.63. The van der Waals surface area contributed by atoms with Gasteiger partial charge in [0.25, 0.3) is 0 Å². The first-order valence-corrected chi connectivity index (χ1v) is 8.47.